The van der Waals surface area contributed by atoms with Crippen LogP contribution in [0.1, 0.15) is 19.4 Å². The molecule has 0 unspecified atom stereocenters. The Kier molecular flexibility index (Phi) is 8.24. The molecule has 0 aliphatic carbocycles. The second kappa shape index (κ2) is 11.1. The minimum Gasteiger partial charge on any atom is -0.497 e. The van der Waals surface area contributed by atoms with Crippen LogP contribution in [-0.2, 0) is 11.3 Å². The first-order chi connectivity index (χ1) is 15.9. The zero-order valence-corrected chi connectivity index (χ0v) is 20.2. The summed E-state index contributed by atoms with van der Waals surface area (Å²) in [6.45, 7) is 4.82. The Morgan fingerprint density at radius 3 is 2.36 bits per heavy atom. The third-order valence-corrected chi connectivity index (χ3v) is 5.90. The molecule has 0 aliphatic heterocycles. The van der Waals surface area contributed by atoms with E-state index in [1.807, 2.05) is 30.5 Å². The van der Waals surface area contributed by atoms with Crippen molar-refractivity contribution in [2.45, 2.75) is 25.5 Å². The van der Waals surface area contributed by atoms with Gasteiger partial charge in [-0.1, -0.05) is 17.7 Å². The Morgan fingerprint density at radius 1 is 1.12 bits per heavy atom. The lowest BCUT2D eigenvalue weighted by molar-refractivity contribution is -0.131. The van der Waals surface area contributed by atoms with Gasteiger partial charge in [0.15, 0.2) is 11.0 Å². The summed E-state index contributed by atoms with van der Waals surface area (Å²) in [6, 6.07) is 10.5. The Bertz CT molecular complexity index is 1160. The van der Waals surface area contributed by atoms with E-state index >= 15 is 0 Å². The molecular formula is C23H24ClN3O5S. The van der Waals surface area contributed by atoms with Crippen molar-refractivity contribution in [2.24, 2.45) is 0 Å². The predicted octanol–water partition coefficient (Wildman–Crippen LogP) is 5.25. The summed E-state index contributed by atoms with van der Waals surface area (Å²) in [6.07, 6.45) is 1.54. The van der Waals surface area contributed by atoms with Crippen LogP contribution in [0.15, 0.2) is 46.5 Å². The molecule has 0 bridgehead atoms. The van der Waals surface area contributed by atoms with Crippen LogP contribution < -0.4 is 14.2 Å². The molecule has 0 fully saturated rings. The molecular weight excluding hydrogens is 466 g/mol. The normalized spacial score (nSPS) is 11.4. The van der Waals surface area contributed by atoms with Gasteiger partial charge in [-0.15, -0.1) is 10.2 Å². The van der Waals surface area contributed by atoms with Crippen molar-refractivity contribution in [1.82, 2.24) is 14.8 Å². The molecule has 0 aliphatic rings. The maximum Gasteiger partial charge on any atom is 0.342 e. The van der Waals surface area contributed by atoms with Gasteiger partial charge in [0, 0.05) is 18.2 Å². The van der Waals surface area contributed by atoms with E-state index in [2.05, 4.69) is 10.2 Å². The molecule has 3 aromatic rings. The van der Waals surface area contributed by atoms with Crippen LogP contribution in [-0.4, -0.2) is 46.7 Å². The number of benzene rings is 2. The smallest absolute Gasteiger partial charge is 0.342 e. The molecule has 3 rings (SSSR count). The molecule has 174 valence electrons. The van der Waals surface area contributed by atoms with Crippen molar-refractivity contribution in [3.8, 4) is 28.6 Å². The fourth-order valence-corrected chi connectivity index (χ4v) is 4.19. The highest BCUT2D eigenvalue weighted by Gasteiger charge is 2.19. The number of methoxy groups -OCH3 is 2. The average Bonchev–Trinajstić information content (AvgIpc) is 3.22. The van der Waals surface area contributed by atoms with Crippen molar-refractivity contribution in [1.29, 1.82) is 0 Å². The van der Waals surface area contributed by atoms with E-state index in [1.165, 1.54) is 6.08 Å². The molecule has 1 heterocycles. The number of halogens is 1. The van der Waals surface area contributed by atoms with E-state index < -0.39 is 5.97 Å². The molecule has 10 heteroatoms. The molecule has 8 nitrogen and oxygen atoms in total. The molecule has 2 aromatic carbocycles. The number of aliphatic carboxylic acids is 1. The van der Waals surface area contributed by atoms with Gasteiger partial charge in [-0.25, -0.2) is 4.79 Å². The Hall–Kier alpha value is -3.17. The van der Waals surface area contributed by atoms with E-state index in [0.29, 0.717) is 52.0 Å². The number of thioether (sulfide) groups is 1. The third-order valence-electron chi connectivity index (χ3n) is 4.61. The topological polar surface area (TPSA) is 95.7 Å². The molecule has 33 heavy (non-hydrogen) atoms. The summed E-state index contributed by atoms with van der Waals surface area (Å²) in [4.78, 5) is 12.0. The average molecular weight is 490 g/mol. The van der Waals surface area contributed by atoms with E-state index in [9.17, 15) is 9.90 Å². The lowest BCUT2D eigenvalue weighted by atomic mass is 10.2. The Morgan fingerprint density at radius 2 is 1.82 bits per heavy atom. The highest BCUT2D eigenvalue weighted by Crippen LogP contribution is 2.34. The molecule has 1 N–H and O–H groups in total. The van der Waals surface area contributed by atoms with Crippen LogP contribution >= 0.6 is 23.4 Å². The van der Waals surface area contributed by atoms with Crippen molar-refractivity contribution >= 4 is 35.4 Å². The molecule has 1 aromatic heterocycles. The summed E-state index contributed by atoms with van der Waals surface area (Å²) < 4.78 is 18.0. The first-order valence-corrected chi connectivity index (χ1v) is 11.3. The summed E-state index contributed by atoms with van der Waals surface area (Å²) in [7, 11) is 3.14. The van der Waals surface area contributed by atoms with Crippen LogP contribution in [0, 0.1) is 0 Å². The van der Waals surface area contributed by atoms with Gasteiger partial charge in [-0.2, -0.15) is 0 Å². The number of aromatic nitrogens is 3. The standard InChI is InChI=1S/C23H24ClN3O5S/c1-5-27-21(15-11-16(30-3)13-17(12-15)31-4)25-26-23(27)33-20(22(28)29)10-14-7-8-19(32-6-2)18(24)9-14/h7-13H,5-6H2,1-4H3,(H,28,29)/b20-10-. The van der Waals surface area contributed by atoms with Gasteiger partial charge < -0.3 is 23.9 Å². The van der Waals surface area contributed by atoms with Gasteiger partial charge in [0.2, 0.25) is 0 Å². The summed E-state index contributed by atoms with van der Waals surface area (Å²) >= 11 is 7.26. The lowest BCUT2D eigenvalue weighted by Crippen LogP contribution is -2.03. The second-order valence-electron chi connectivity index (χ2n) is 6.69. The van der Waals surface area contributed by atoms with Crippen molar-refractivity contribution in [2.75, 3.05) is 20.8 Å². The van der Waals surface area contributed by atoms with Crippen LogP contribution in [0.3, 0.4) is 0 Å². The van der Waals surface area contributed by atoms with Crippen molar-refractivity contribution in [3.05, 3.63) is 51.9 Å². The zero-order chi connectivity index (χ0) is 24.0. The molecule has 0 saturated carbocycles. The van der Waals surface area contributed by atoms with Crippen LogP contribution in [0.2, 0.25) is 5.02 Å². The highest BCUT2D eigenvalue weighted by molar-refractivity contribution is 8.04. The zero-order valence-electron chi connectivity index (χ0n) is 18.7. The highest BCUT2D eigenvalue weighted by atomic mass is 35.5. The Balaban J connectivity index is 1.96. The van der Waals surface area contributed by atoms with Crippen LogP contribution in [0.4, 0.5) is 0 Å². The van der Waals surface area contributed by atoms with E-state index in [0.717, 1.165) is 17.3 Å². The monoisotopic (exact) mass is 489 g/mol. The second-order valence-corrected chi connectivity index (χ2v) is 8.11. The number of hydrogen-bond acceptors (Lipinski definition) is 7. The Labute approximate surface area is 201 Å². The first-order valence-electron chi connectivity index (χ1n) is 10.1. The molecule has 0 amide bonds. The van der Waals surface area contributed by atoms with Gasteiger partial charge in [-0.05, 0) is 61.5 Å². The minimum absolute atomic E-state index is 0.0760. The largest absolute Gasteiger partial charge is 0.497 e. The summed E-state index contributed by atoms with van der Waals surface area (Å²) in [5.41, 5.74) is 1.38. The van der Waals surface area contributed by atoms with Gasteiger partial charge in [-0.3, -0.25) is 0 Å². The quantitative estimate of drug-likeness (QED) is 0.304. The van der Waals surface area contributed by atoms with E-state index in [1.54, 1.807) is 38.5 Å². The van der Waals surface area contributed by atoms with Crippen molar-refractivity contribution in [3.63, 3.8) is 0 Å². The number of carbonyl (C=O) groups is 1. The number of carboxylic acids is 1. The minimum atomic E-state index is -1.08. The summed E-state index contributed by atoms with van der Waals surface area (Å²) in [5.74, 6) is 1.27. The number of hydrogen-bond donors (Lipinski definition) is 1. The third kappa shape index (κ3) is 5.80. The molecule has 0 saturated heterocycles. The number of carboxylic acid groups (broad SMARTS) is 1. The SMILES string of the molecule is CCOc1ccc(/C=C(\Sc2nnc(-c3cc(OC)cc(OC)c3)n2CC)C(=O)O)cc1Cl. The van der Waals surface area contributed by atoms with Crippen LogP contribution in [0.5, 0.6) is 17.2 Å². The lowest BCUT2D eigenvalue weighted by Gasteiger charge is -2.10. The van der Waals surface area contributed by atoms with Crippen molar-refractivity contribution < 1.29 is 24.1 Å². The summed E-state index contributed by atoms with van der Waals surface area (Å²) in [5, 5.41) is 19.2. The van der Waals surface area contributed by atoms with Gasteiger partial charge in [0.25, 0.3) is 0 Å². The fourth-order valence-electron chi connectivity index (χ4n) is 3.06. The number of rotatable bonds is 10. The van der Waals surface area contributed by atoms with Crippen LogP contribution in [0.25, 0.3) is 17.5 Å². The maximum absolute atomic E-state index is 12.0. The predicted molar refractivity (Wildman–Crippen MR) is 128 cm³/mol. The number of ether oxygens (including phenoxy) is 3. The van der Waals surface area contributed by atoms with Gasteiger partial charge in [0.1, 0.15) is 22.2 Å². The maximum atomic E-state index is 12.0. The molecule has 0 atom stereocenters. The first kappa shape index (κ1) is 24.5. The van der Waals surface area contributed by atoms with E-state index in [-0.39, 0.29) is 4.91 Å². The van der Waals surface area contributed by atoms with E-state index in [4.69, 9.17) is 25.8 Å². The number of nitrogens with zero attached hydrogens (tertiary/aromatic N) is 3. The molecule has 0 radical (unpaired) electrons. The van der Waals surface area contributed by atoms with Gasteiger partial charge in [0.05, 0.1) is 25.8 Å². The van der Waals surface area contributed by atoms with Gasteiger partial charge >= 0.3 is 5.97 Å². The molecule has 0 spiro atoms. The fraction of sp³-hybridized carbons (Fsp3) is 0.261.